The molecular formula is C30H29BrN2O6. The van der Waals surface area contributed by atoms with Crippen LogP contribution in [-0.2, 0) is 14.2 Å². The third-order valence-corrected chi connectivity index (χ3v) is 7.12. The fraction of sp³-hybridized carbons (Fsp3) is 0.300. The lowest BCUT2D eigenvalue weighted by molar-refractivity contribution is -0.165. The largest absolute Gasteiger partial charge is 0.494 e. The molecular weight excluding hydrogens is 564 g/mol. The number of methoxy groups -OCH3 is 2. The number of esters is 1. The lowest BCUT2D eigenvalue weighted by Gasteiger charge is -2.22. The van der Waals surface area contributed by atoms with Gasteiger partial charge in [0.25, 0.3) is 0 Å². The molecule has 39 heavy (non-hydrogen) atoms. The molecule has 5 rings (SSSR count). The van der Waals surface area contributed by atoms with Crippen LogP contribution in [0.1, 0.15) is 29.6 Å². The van der Waals surface area contributed by atoms with E-state index in [0.717, 1.165) is 48.3 Å². The van der Waals surface area contributed by atoms with Gasteiger partial charge in [-0.15, -0.1) is 0 Å². The molecule has 2 aromatic carbocycles. The second-order valence-corrected chi connectivity index (χ2v) is 9.85. The summed E-state index contributed by atoms with van der Waals surface area (Å²) < 4.78 is 28.5. The maximum absolute atomic E-state index is 12.7. The van der Waals surface area contributed by atoms with Crippen LogP contribution in [0.2, 0.25) is 0 Å². The Morgan fingerprint density at radius 3 is 2.36 bits per heavy atom. The van der Waals surface area contributed by atoms with E-state index in [0.29, 0.717) is 40.0 Å². The van der Waals surface area contributed by atoms with E-state index in [9.17, 15) is 4.79 Å². The summed E-state index contributed by atoms with van der Waals surface area (Å²) in [6.45, 7) is 1.73. The van der Waals surface area contributed by atoms with Crippen LogP contribution in [0.3, 0.4) is 0 Å². The van der Waals surface area contributed by atoms with Gasteiger partial charge in [-0.25, -0.2) is 9.78 Å². The summed E-state index contributed by atoms with van der Waals surface area (Å²) in [4.78, 5) is 21.7. The number of pyridine rings is 2. The Kier molecular flexibility index (Phi) is 8.71. The predicted molar refractivity (Wildman–Crippen MR) is 151 cm³/mol. The summed E-state index contributed by atoms with van der Waals surface area (Å²) >= 11 is 3.50. The SMILES string of the molecule is COC(=O)c1c(OC)c(-c2ccc(-c3ccc(OCCOC4CCCCO4)cc3)cc2)nc2c(Br)cncc12. The fourth-order valence-corrected chi connectivity index (χ4v) is 4.99. The van der Waals surface area contributed by atoms with Crippen molar-refractivity contribution in [3.05, 3.63) is 71.0 Å². The summed E-state index contributed by atoms with van der Waals surface area (Å²) in [6.07, 6.45) is 6.31. The Morgan fingerprint density at radius 1 is 0.974 bits per heavy atom. The molecule has 202 valence electrons. The van der Waals surface area contributed by atoms with Crippen LogP contribution in [0.25, 0.3) is 33.3 Å². The van der Waals surface area contributed by atoms with Gasteiger partial charge in [-0.1, -0.05) is 36.4 Å². The van der Waals surface area contributed by atoms with Crippen LogP contribution in [-0.4, -0.2) is 56.3 Å². The van der Waals surface area contributed by atoms with E-state index in [2.05, 4.69) is 20.9 Å². The third kappa shape index (κ3) is 6.06. The molecule has 1 saturated heterocycles. The molecule has 0 N–H and O–H groups in total. The van der Waals surface area contributed by atoms with Gasteiger partial charge in [0.05, 0.1) is 30.8 Å². The molecule has 8 nitrogen and oxygen atoms in total. The van der Waals surface area contributed by atoms with Gasteiger partial charge in [-0.3, -0.25) is 4.98 Å². The molecule has 1 unspecified atom stereocenters. The molecule has 2 aromatic heterocycles. The zero-order valence-electron chi connectivity index (χ0n) is 21.8. The minimum absolute atomic E-state index is 0.108. The third-order valence-electron chi connectivity index (χ3n) is 6.54. The molecule has 1 aliphatic heterocycles. The van der Waals surface area contributed by atoms with Gasteiger partial charge in [-0.2, -0.15) is 0 Å². The molecule has 1 aliphatic rings. The number of rotatable bonds is 9. The van der Waals surface area contributed by atoms with E-state index < -0.39 is 5.97 Å². The molecule has 0 amide bonds. The number of halogens is 1. The number of hydrogen-bond donors (Lipinski definition) is 0. The maximum Gasteiger partial charge on any atom is 0.342 e. The van der Waals surface area contributed by atoms with Crippen molar-refractivity contribution in [2.75, 3.05) is 34.0 Å². The molecule has 0 radical (unpaired) electrons. The van der Waals surface area contributed by atoms with E-state index in [1.54, 1.807) is 12.4 Å². The minimum atomic E-state index is -0.520. The topological polar surface area (TPSA) is 89.0 Å². The Bertz CT molecular complexity index is 1440. The first-order valence-electron chi connectivity index (χ1n) is 12.8. The van der Waals surface area contributed by atoms with Crippen LogP contribution in [0.5, 0.6) is 11.5 Å². The molecule has 0 saturated carbocycles. The van der Waals surface area contributed by atoms with Gasteiger partial charge in [-0.05, 0) is 58.5 Å². The Balaban J connectivity index is 1.33. The molecule has 0 bridgehead atoms. The van der Waals surface area contributed by atoms with E-state index >= 15 is 0 Å². The van der Waals surface area contributed by atoms with Gasteiger partial charge < -0.3 is 23.7 Å². The quantitative estimate of drug-likeness (QED) is 0.162. The van der Waals surface area contributed by atoms with Gasteiger partial charge in [0.15, 0.2) is 12.0 Å². The van der Waals surface area contributed by atoms with Crippen molar-refractivity contribution in [2.45, 2.75) is 25.6 Å². The highest BCUT2D eigenvalue weighted by molar-refractivity contribution is 9.10. The van der Waals surface area contributed by atoms with E-state index in [1.807, 2.05) is 48.5 Å². The first-order chi connectivity index (χ1) is 19.1. The number of benzene rings is 2. The number of aromatic nitrogens is 2. The molecule has 9 heteroatoms. The van der Waals surface area contributed by atoms with Crippen LogP contribution < -0.4 is 9.47 Å². The zero-order valence-corrected chi connectivity index (χ0v) is 23.4. The standard InChI is InChI=1S/C30H29BrN2O6/c1-35-29-26(30(34)36-2)23-17-32-18-24(31)28(23)33-27(29)21-8-6-19(7-9-21)20-10-12-22(13-11-20)37-15-16-39-25-5-3-4-14-38-25/h6-13,17-18,25H,3-5,14-16H2,1-2H3. The average molecular weight is 593 g/mol. The molecule has 1 fully saturated rings. The van der Waals surface area contributed by atoms with Gasteiger partial charge in [0.1, 0.15) is 23.6 Å². The summed E-state index contributed by atoms with van der Waals surface area (Å²) in [5.41, 5.74) is 4.29. The first-order valence-corrected chi connectivity index (χ1v) is 13.5. The summed E-state index contributed by atoms with van der Waals surface area (Å²) in [5, 5.41) is 0.546. The fourth-order valence-electron chi connectivity index (χ4n) is 4.57. The lowest BCUT2D eigenvalue weighted by Crippen LogP contribution is -2.24. The van der Waals surface area contributed by atoms with E-state index in [1.165, 1.54) is 14.2 Å². The highest BCUT2D eigenvalue weighted by atomic mass is 79.9. The number of hydrogen-bond acceptors (Lipinski definition) is 8. The Hall–Kier alpha value is -3.53. The summed E-state index contributed by atoms with van der Waals surface area (Å²) in [7, 11) is 2.85. The average Bonchev–Trinajstić information content (AvgIpc) is 2.99. The predicted octanol–water partition coefficient (Wildman–Crippen LogP) is 6.44. The van der Waals surface area contributed by atoms with Crippen LogP contribution in [0.4, 0.5) is 0 Å². The Morgan fingerprint density at radius 2 is 1.69 bits per heavy atom. The molecule has 3 heterocycles. The van der Waals surface area contributed by atoms with E-state index in [-0.39, 0.29) is 11.9 Å². The summed E-state index contributed by atoms with van der Waals surface area (Å²) in [6, 6.07) is 15.9. The highest BCUT2D eigenvalue weighted by Gasteiger charge is 2.24. The van der Waals surface area contributed by atoms with Crippen molar-refractivity contribution in [2.24, 2.45) is 0 Å². The maximum atomic E-state index is 12.7. The monoisotopic (exact) mass is 592 g/mol. The van der Waals surface area contributed by atoms with Crippen molar-refractivity contribution < 1.29 is 28.5 Å². The van der Waals surface area contributed by atoms with Crippen molar-refractivity contribution in [3.63, 3.8) is 0 Å². The highest BCUT2D eigenvalue weighted by Crippen LogP contribution is 2.39. The minimum Gasteiger partial charge on any atom is -0.494 e. The number of carbonyl (C=O) groups is 1. The van der Waals surface area contributed by atoms with Gasteiger partial charge in [0.2, 0.25) is 0 Å². The van der Waals surface area contributed by atoms with Crippen molar-refractivity contribution in [1.82, 2.24) is 9.97 Å². The normalized spacial score (nSPS) is 15.2. The Labute approximate surface area is 235 Å². The number of ether oxygens (including phenoxy) is 5. The second-order valence-electron chi connectivity index (χ2n) is 8.99. The van der Waals surface area contributed by atoms with E-state index in [4.69, 9.17) is 28.7 Å². The lowest BCUT2D eigenvalue weighted by atomic mass is 10.00. The van der Waals surface area contributed by atoms with Gasteiger partial charge >= 0.3 is 5.97 Å². The zero-order chi connectivity index (χ0) is 27.2. The van der Waals surface area contributed by atoms with Crippen LogP contribution in [0, 0.1) is 0 Å². The van der Waals surface area contributed by atoms with Crippen molar-refractivity contribution in [3.8, 4) is 33.9 Å². The van der Waals surface area contributed by atoms with Gasteiger partial charge in [0, 0.05) is 30.0 Å². The molecule has 1 atom stereocenters. The molecule has 0 spiro atoms. The second kappa shape index (κ2) is 12.5. The first kappa shape index (κ1) is 27.1. The van der Waals surface area contributed by atoms with Crippen LogP contribution >= 0.6 is 15.9 Å². The smallest absolute Gasteiger partial charge is 0.342 e. The summed E-state index contributed by atoms with van der Waals surface area (Å²) in [5.74, 6) is 0.597. The van der Waals surface area contributed by atoms with Crippen molar-refractivity contribution in [1.29, 1.82) is 0 Å². The number of fused-ring (bicyclic) bond motifs is 1. The number of nitrogens with zero attached hydrogens (tertiary/aromatic N) is 2. The number of carbonyl (C=O) groups excluding carboxylic acids is 1. The molecule has 0 aliphatic carbocycles. The van der Waals surface area contributed by atoms with Crippen LogP contribution in [0.15, 0.2) is 65.4 Å². The molecule has 4 aromatic rings. The van der Waals surface area contributed by atoms with Crippen molar-refractivity contribution >= 4 is 32.8 Å².